The van der Waals surface area contributed by atoms with E-state index in [1.807, 2.05) is 45.8 Å². The van der Waals surface area contributed by atoms with E-state index < -0.39 is 5.91 Å². The molecule has 2 aromatic rings. The number of anilines is 1. The lowest BCUT2D eigenvalue weighted by atomic mass is 10.1. The first-order valence-corrected chi connectivity index (χ1v) is 8.52. The van der Waals surface area contributed by atoms with Crippen molar-refractivity contribution in [1.29, 1.82) is 0 Å². The molecule has 3 rings (SSSR count). The molecule has 2 N–H and O–H groups in total. The number of nitrogens with zero attached hydrogens (tertiary/aromatic N) is 4. The molecule has 1 aliphatic heterocycles. The van der Waals surface area contributed by atoms with Crippen LogP contribution in [0.2, 0.25) is 0 Å². The Morgan fingerprint density at radius 2 is 1.84 bits per heavy atom. The Morgan fingerprint density at radius 1 is 1.16 bits per heavy atom. The fourth-order valence-electron chi connectivity index (χ4n) is 3.26. The van der Waals surface area contributed by atoms with Crippen LogP contribution in [0.15, 0.2) is 42.9 Å². The molecule has 7 heteroatoms. The molecule has 2 amide bonds. The van der Waals surface area contributed by atoms with Gasteiger partial charge in [-0.05, 0) is 30.7 Å². The quantitative estimate of drug-likeness (QED) is 0.888. The number of rotatable bonds is 5. The Bertz CT molecular complexity index is 736. The first kappa shape index (κ1) is 17.0. The van der Waals surface area contributed by atoms with Crippen LogP contribution in [0.5, 0.6) is 0 Å². The predicted molar refractivity (Wildman–Crippen MR) is 95.3 cm³/mol. The second kappa shape index (κ2) is 7.38. The number of aromatic nitrogens is 2. The lowest BCUT2D eigenvalue weighted by Gasteiger charge is -2.37. The lowest BCUT2D eigenvalue weighted by Crippen LogP contribution is -2.51. The van der Waals surface area contributed by atoms with E-state index in [1.54, 1.807) is 18.3 Å². The van der Waals surface area contributed by atoms with Crippen molar-refractivity contribution in [1.82, 2.24) is 14.5 Å². The van der Waals surface area contributed by atoms with Crippen LogP contribution in [-0.2, 0) is 4.79 Å². The molecule has 0 aromatic carbocycles. The first-order valence-electron chi connectivity index (χ1n) is 8.52. The molecule has 0 unspecified atom stereocenters. The van der Waals surface area contributed by atoms with Gasteiger partial charge >= 0.3 is 0 Å². The summed E-state index contributed by atoms with van der Waals surface area (Å²) in [7, 11) is 0. The van der Waals surface area contributed by atoms with Crippen molar-refractivity contribution in [2.75, 3.05) is 31.1 Å². The molecule has 1 aliphatic rings. The van der Waals surface area contributed by atoms with Crippen LogP contribution < -0.4 is 10.6 Å². The molecular weight excluding hydrogens is 318 g/mol. The minimum atomic E-state index is -0.486. The molecule has 1 fully saturated rings. The normalized spacial score (nSPS) is 15.9. The van der Waals surface area contributed by atoms with Gasteiger partial charge in [-0.3, -0.25) is 9.59 Å². The molecule has 0 saturated carbocycles. The molecule has 25 heavy (non-hydrogen) atoms. The molecule has 0 spiro atoms. The smallest absolute Gasteiger partial charge is 0.252 e. The van der Waals surface area contributed by atoms with Crippen LogP contribution in [0.1, 0.15) is 29.7 Å². The van der Waals surface area contributed by atoms with Gasteiger partial charge in [0.1, 0.15) is 11.9 Å². The summed E-state index contributed by atoms with van der Waals surface area (Å²) in [5.74, 6) is 0.245. The van der Waals surface area contributed by atoms with Crippen molar-refractivity contribution in [3.63, 3.8) is 0 Å². The summed E-state index contributed by atoms with van der Waals surface area (Å²) in [5, 5.41) is 0. The molecule has 0 bridgehead atoms. The molecule has 7 nitrogen and oxygen atoms in total. The fraction of sp³-hybridized carbons (Fsp3) is 0.389. The zero-order valence-corrected chi connectivity index (χ0v) is 14.3. The standard InChI is InChI=1S/C18H23N5O2/c1-2-15(21-8-3-4-9-21)18(25)23-12-10-22(11-13-23)17-14(16(19)24)6-5-7-20-17/h3-9,15H,2,10-13H2,1H3,(H2,19,24)/t15-/m1/s1. The second-order valence-corrected chi connectivity index (χ2v) is 6.11. The van der Waals surface area contributed by atoms with Gasteiger partial charge in [0.2, 0.25) is 5.91 Å². The average Bonchev–Trinajstić information content (AvgIpc) is 3.16. The summed E-state index contributed by atoms with van der Waals surface area (Å²) < 4.78 is 1.96. The van der Waals surface area contributed by atoms with E-state index in [1.165, 1.54) is 0 Å². The number of primary amides is 1. The van der Waals surface area contributed by atoms with Crippen molar-refractivity contribution >= 4 is 17.6 Å². The highest BCUT2D eigenvalue weighted by molar-refractivity contribution is 5.97. The second-order valence-electron chi connectivity index (χ2n) is 6.11. The van der Waals surface area contributed by atoms with Gasteiger partial charge in [0.25, 0.3) is 5.91 Å². The molecule has 0 aliphatic carbocycles. The molecule has 3 heterocycles. The number of carbonyl (C=O) groups is 2. The maximum Gasteiger partial charge on any atom is 0.252 e. The molecule has 1 atom stereocenters. The van der Waals surface area contributed by atoms with Gasteiger partial charge in [-0.2, -0.15) is 0 Å². The Hall–Kier alpha value is -2.83. The number of hydrogen-bond acceptors (Lipinski definition) is 4. The monoisotopic (exact) mass is 341 g/mol. The van der Waals surface area contributed by atoms with E-state index in [0.29, 0.717) is 37.6 Å². The van der Waals surface area contributed by atoms with E-state index in [4.69, 9.17) is 5.73 Å². The lowest BCUT2D eigenvalue weighted by molar-refractivity contribution is -0.135. The van der Waals surface area contributed by atoms with Gasteiger partial charge in [-0.15, -0.1) is 0 Å². The highest BCUT2D eigenvalue weighted by Gasteiger charge is 2.28. The van der Waals surface area contributed by atoms with Gasteiger partial charge in [-0.25, -0.2) is 4.98 Å². The minimum absolute atomic E-state index is 0.134. The predicted octanol–water partition coefficient (Wildman–Crippen LogP) is 1.28. The van der Waals surface area contributed by atoms with E-state index in [2.05, 4.69) is 4.98 Å². The van der Waals surface area contributed by atoms with Crippen LogP contribution in [0.3, 0.4) is 0 Å². The van der Waals surface area contributed by atoms with E-state index in [9.17, 15) is 9.59 Å². The van der Waals surface area contributed by atoms with Gasteiger partial charge in [-0.1, -0.05) is 6.92 Å². The van der Waals surface area contributed by atoms with E-state index >= 15 is 0 Å². The summed E-state index contributed by atoms with van der Waals surface area (Å²) in [6.45, 7) is 4.49. The number of piperazine rings is 1. The van der Waals surface area contributed by atoms with E-state index in [0.717, 1.165) is 6.42 Å². The van der Waals surface area contributed by atoms with Crippen molar-refractivity contribution in [2.24, 2.45) is 5.73 Å². The highest BCUT2D eigenvalue weighted by atomic mass is 16.2. The third-order valence-electron chi connectivity index (χ3n) is 4.60. The van der Waals surface area contributed by atoms with Crippen LogP contribution in [0.4, 0.5) is 5.82 Å². The number of amides is 2. The van der Waals surface area contributed by atoms with Crippen LogP contribution in [0.25, 0.3) is 0 Å². The van der Waals surface area contributed by atoms with Gasteiger partial charge in [0.15, 0.2) is 0 Å². The number of carbonyl (C=O) groups excluding carboxylic acids is 2. The Morgan fingerprint density at radius 3 is 2.44 bits per heavy atom. The van der Waals surface area contributed by atoms with E-state index in [-0.39, 0.29) is 11.9 Å². The zero-order chi connectivity index (χ0) is 17.8. The fourth-order valence-corrected chi connectivity index (χ4v) is 3.26. The minimum Gasteiger partial charge on any atom is -0.365 e. The molecular formula is C18H23N5O2. The van der Waals surface area contributed by atoms with Gasteiger partial charge in [0.05, 0.1) is 5.56 Å². The summed E-state index contributed by atoms with van der Waals surface area (Å²) in [6.07, 6.45) is 6.25. The highest BCUT2D eigenvalue weighted by Crippen LogP contribution is 2.21. The summed E-state index contributed by atoms with van der Waals surface area (Å²) in [4.78, 5) is 32.6. The molecule has 0 radical (unpaired) electrons. The topological polar surface area (TPSA) is 84.5 Å². The number of nitrogens with two attached hydrogens (primary N) is 1. The van der Waals surface area contributed by atoms with Crippen molar-refractivity contribution < 1.29 is 9.59 Å². The first-order chi connectivity index (χ1) is 12.1. The van der Waals surface area contributed by atoms with Crippen molar-refractivity contribution in [3.8, 4) is 0 Å². The Kier molecular flexibility index (Phi) is 5.02. The van der Waals surface area contributed by atoms with Crippen LogP contribution in [-0.4, -0.2) is 52.4 Å². The summed E-state index contributed by atoms with van der Waals surface area (Å²) in [6, 6.07) is 7.08. The zero-order valence-electron chi connectivity index (χ0n) is 14.3. The van der Waals surface area contributed by atoms with Crippen molar-refractivity contribution in [2.45, 2.75) is 19.4 Å². The SMILES string of the molecule is CC[C@H](C(=O)N1CCN(c2ncccc2C(N)=O)CC1)n1cccc1. The van der Waals surface area contributed by atoms with Gasteiger partial charge < -0.3 is 20.1 Å². The number of pyridine rings is 1. The molecule has 132 valence electrons. The largest absolute Gasteiger partial charge is 0.365 e. The molecule has 1 saturated heterocycles. The average molecular weight is 341 g/mol. The Labute approximate surface area is 147 Å². The van der Waals surface area contributed by atoms with Gasteiger partial charge in [0, 0.05) is 44.8 Å². The van der Waals surface area contributed by atoms with Crippen LogP contribution >= 0.6 is 0 Å². The third kappa shape index (κ3) is 3.50. The Balaban J connectivity index is 1.68. The maximum absolute atomic E-state index is 12.8. The third-order valence-corrected chi connectivity index (χ3v) is 4.60. The van der Waals surface area contributed by atoms with Crippen LogP contribution in [0, 0.1) is 0 Å². The molecule has 2 aromatic heterocycles. The number of hydrogen-bond donors (Lipinski definition) is 1. The summed E-state index contributed by atoms with van der Waals surface area (Å²) >= 11 is 0. The maximum atomic E-state index is 12.8. The van der Waals surface area contributed by atoms with Crippen molar-refractivity contribution in [3.05, 3.63) is 48.4 Å². The summed E-state index contributed by atoms with van der Waals surface area (Å²) in [5.41, 5.74) is 5.85.